The molecule has 0 spiro atoms. The smallest absolute Gasteiger partial charge is 0.265 e. The molecule has 1 unspecified atom stereocenters. The summed E-state index contributed by atoms with van der Waals surface area (Å²) >= 11 is 0. The van der Waals surface area contributed by atoms with Crippen LogP contribution in [0.15, 0.2) is 24.3 Å². The number of ether oxygens (including phenoxy) is 1. The molecule has 21 heavy (non-hydrogen) atoms. The number of carbonyl (C=O) groups is 2. The molecule has 6 nitrogen and oxygen atoms in total. The lowest BCUT2D eigenvalue weighted by atomic mass is 10.2. The lowest BCUT2D eigenvalue weighted by Gasteiger charge is -2.30. The van der Waals surface area contributed by atoms with E-state index in [1.807, 2.05) is 31.2 Å². The van der Waals surface area contributed by atoms with Gasteiger partial charge >= 0.3 is 0 Å². The highest BCUT2D eigenvalue weighted by Gasteiger charge is 2.30. The predicted molar refractivity (Wildman–Crippen MR) is 80.3 cm³/mol. The number of rotatable bonds is 5. The van der Waals surface area contributed by atoms with Crippen molar-refractivity contribution in [1.29, 1.82) is 0 Å². The number of benzene rings is 1. The maximum absolute atomic E-state index is 12.5. The lowest BCUT2D eigenvalue weighted by molar-refractivity contribution is -0.141. The standard InChI is InChI=1S/C15H21N3O3/c1-3-8-18(10-14(19)16-2)15(20)13-9-17-11-6-4-5-7-12(11)21-13/h4-7,13,17H,3,8-10H2,1-2H3,(H,16,19). The van der Waals surface area contributed by atoms with Crippen LogP contribution in [0.5, 0.6) is 5.75 Å². The quantitative estimate of drug-likeness (QED) is 0.843. The Balaban J connectivity index is 2.06. The van der Waals surface area contributed by atoms with Crippen molar-refractivity contribution in [2.75, 3.05) is 32.0 Å². The van der Waals surface area contributed by atoms with Gasteiger partial charge < -0.3 is 20.3 Å². The van der Waals surface area contributed by atoms with Crippen LogP contribution in [0.3, 0.4) is 0 Å². The van der Waals surface area contributed by atoms with Gasteiger partial charge in [-0.1, -0.05) is 19.1 Å². The van der Waals surface area contributed by atoms with E-state index in [4.69, 9.17) is 4.74 Å². The maximum Gasteiger partial charge on any atom is 0.265 e. The molecule has 2 N–H and O–H groups in total. The number of nitrogens with zero attached hydrogens (tertiary/aromatic N) is 1. The summed E-state index contributed by atoms with van der Waals surface area (Å²) in [4.78, 5) is 25.6. The van der Waals surface area contributed by atoms with Crippen molar-refractivity contribution in [2.24, 2.45) is 0 Å². The molecule has 0 aromatic heterocycles. The summed E-state index contributed by atoms with van der Waals surface area (Å²) in [5.74, 6) is 0.321. The van der Waals surface area contributed by atoms with Crippen molar-refractivity contribution in [2.45, 2.75) is 19.4 Å². The van der Waals surface area contributed by atoms with Crippen LogP contribution in [-0.2, 0) is 9.59 Å². The van der Waals surface area contributed by atoms with Gasteiger partial charge in [-0.25, -0.2) is 0 Å². The third kappa shape index (κ3) is 3.65. The fourth-order valence-electron chi connectivity index (χ4n) is 2.24. The number of anilines is 1. The Morgan fingerprint density at radius 1 is 1.43 bits per heavy atom. The number of carbonyl (C=O) groups excluding carboxylic acids is 2. The molecule has 1 aromatic rings. The maximum atomic E-state index is 12.5. The van der Waals surface area contributed by atoms with Crippen LogP contribution in [0.1, 0.15) is 13.3 Å². The molecule has 1 atom stereocenters. The van der Waals surface area contributed by atoms with Gasteiger partial charge in [0.2, 0.25) is 5.91 Å². The molecular weight excluding hydrogens is 270 g/mol. The van der Waals surface area contributed by atoms with E-state index in [-0.39, 0.29) is 18.4 Å². The molecule has 1 aliphatic rings. The van der Waals surface area contributed by atoms with E-state index >= 15 is 0 Å². The zero-order chi connectivity index (χ0) is 15.2. The largest absolute Gasteiger partial charge is 0.477 e. The molecule has 0 bridgehead atoms. The SMILES string of the molecule is CCCN(CC(=O)NC)C(=O)C1CNc2ccccc2O1. The summed E-state index contributed by atoms with van der Waals surface area (Å²) in [6.07, 6.45) is 0.190. The van der Waals surface area contributed by atoms with Gasteiger partial charge in [0.25, 0.3) is 5.91 Å². The Morgan fingerprint density at radius 2 is 2.19 bits per heavy atom. The van der Waals surface area contributed by atoms with Gasteiger partial charge in [0.15, 0.2) is 6.10 Å². The molecule has 1 aromatic carbocycles. The molecule has 1 heterocycles. The lowest BCUT2D eigenvalue weighted by Crippen LogP contribution is -2.49. The molecule has 0 aliphatic carbocycles. The van der Waals surface area contributed by atoms with Crippen molar-refractivity contribution >= 4 is 17.5 Å². The summed E-state index contributed by atoms with van der Waals surface area (Å²) in [6.45, 7) is 2.97. The molecule has 2 amide bonds. The van der Waals surface area contributed by atoms with Crippen molar-refractivity contribution in [3.63, 3.8) is 0 Å². The third-order valence-electron chi connectivity index (χ3n) is 3.33. The van der Waals surface area contributed by atoms with Gasteiger partial charge in [-0.3, -0.25) is 9.59 Å². The first-order chi connectivity index (χ1) is 10.2. The van der Waals surface area contributed by atoms with Crippen LogP contribution >= 0.6 is 0 Å². The first-order valence-electron chi connectivity index (χ1n) is 7.14. The van der Waals surface area contributed by atoms with E-state index in [9.17, 15) is 9.59 Å². The fourth-order valence-corrected chi connectivity index (χ4v) is 2.24. The Hall–Kier alpha value is -2.24. The van der Waals surface area contributed by atoms with Crippen LogP contribution < -0.4 is 15.4 Å². The predicted octanol–water partition coefficient (Wildman–Crippen LogP) is 0.844. The number of hydrogen-bond acceptors (Lipinski definition) is 4. The zero-order valence-electron chi connectivity index (χ0n) is 12.4. The van der Waals surface area contributed by atoms with Crippen LogP contribution in [-0.4, -0.2) is 49.5 Å². The minimum atomic E-state index is -0.601. The molecule has 114 valence electrons. The highest BCUT2D eigenvalue weighted by molar-refractivity contribution is 5.88. The van der Waals surface area contributed by atoms with E-state index in [0.717, 1.165) is 12.1 Å². The normalized spacial score (nSPS) is 16.2. The monoisotopic (exact) mass is 291 g/mol. The van der Waals surface area contributed by atoms with Gasteiger partial charge in [-0.05, 0) is 18.6 Å². The first-order valence-corrected chi connectivity index (χ1v) is 7.14. The highest BCUT2D eigenvalue weighted by Crippen LogP contribution is 2.28. The van der Waals surface area contributed by atoms with Crippen LogP contribution in [0.4, 0.5) is 5.69 Å². The number of likely N-dealkylation sites (N-methyl/N-ethyl adjacent to an activating group) is 1. The van der Waals surface area contributed by atoms with Gasteiger partial charge in [0, 0.05) is 13.6 Å². The molecule has 1 aliphatic heterocycles. The summed E-state index contributed by atoms with van der Waals surface area (Å²) in [5, 5.41) is 5.72. The van der Waals surface area contributed by atoms with E-state index in [1.165, 1.54) is 0 Å². The number of nitrogens with one attached hydrogen (secondary N) is 2. The van der Waals surface area contributed by atoms with Crippen LogP contribution in [0.2, 0.25) is 0 Å². The third-order valence-corrected chi connectivity index (χ3v) is 3.33. The van der Waals surface area contributed by atoms with E-state index < -0.39 is 6.10 Å². The topological polar surface area (TPSA) is 70.7 Å². The Morgan fingerprint density at radius 3 is 2.90 bits per heavy atom. The second kappa shape index (κ2) is 6.97. The minimum Gasteiger partial charge on any atom is -0.477 e. The van der Waals surface area contributed by atoms with E-state index in [1.54, 1.807) is 11.9 Å². The number of para-hydroxylation sites is 2. The summed E-state index contributed by atoms with van der Waals surface area (Å²) < 4.78 is 5.75. The molecular formula is C15H21N3O3. The summed E-state index contributed by atoms with van der Waals surface area (Å²) in [5.41, 5.74) is 0.884. The van der Waals surface area contributed by atoms with Gasteiger partial charge in [0.1, 0.15) is 5.75 Å². The molecule has 6 heteroatoms. The molecule has 0 saturated heterocycles. The second-order valence-corrected chi connectivity index (χ2v) is 4.92. The first kappa shape index (κ1) is 15.2. The minimum absolute atomic E-state index is 0.0602. The van der Waals surface area contributed by atoms with Crippen molar-refractivity contribution in [3.05, 3.63) is 24.3 Å². The van der Waals surface area contributed by atoms with Crippen molar-refractivity contribution in [1.82, 2.24) is 10.2 Å². The number of fused-ring (bicyclic) bond motifs is 1. The van der Waals surface area contributed by atoms with Crippen molar-refractivity contribution in [3.8, 4) is 5.75 Å². The highest BCUT2D eigenvalue weighted by atomic mass is 16.5. The molecule has 0 fully saturated rings. The van der Waals surface area contributed by atoms with Gasteiger partial charge in [0.05, 0.1) is 18.8 Å². The molecule has 0 radical (unpaired) electrons. The average Bonchev–Trinajstić information content (AvgIpc) is 2.53. The molecule has 0 saturated carbocycles. The van der Waals surface area contributed by atoms with Gasteiger partial charge in [-0.15, -0.1) is 0 Å². The van der Waals surface area contributed by atoms with Crippen molar-refractivity contribution < 1.29 is 14.3 Å². The van der Waals surface area contributed by atoms with Crippen LogP contribution in [0, 0.1) is 0 Å². The van der Waals surface area contributed by atoms with Crippen LogP contribution in [0.25, 0.3) is 0 Å². The molecule has 2 rings (SSSR count). The average molecular weight is 291 g/mol. The van der Waals surface area contributed by atoms with E-state index in [2.05, 4.69) is 10.6 Å². The zero-order valence-corrected chi connectivity index (χ0v) is 12.4. The Kier molecular flexibility index (Phi) is 5.03. The number of hydrogen-bond donors (Lipinski definition) is 2. The fraction of sp³-hybridized carbons (Fsp3) is 0.467. The Bertz CT molecular complexity index is 519. The Labute approximate surface area is 124 Å². The van der Waals surface area contributed by atoms with Gasteiger partial charge in [-0.2, -0.15) is 0 Å². The summed E-state index contributed by atoms with van der Waals surface area (Å²) in [7, 11) is 1.56. The summed E-state index contributed by atoms with van der Waals surface area (Å²) in [6, 6.07) is 7.50. The van der Waals surface area contributed by atoms with E-state index in [0.29, 0.717) is 18.8 Å². The second-order valence-electron chi connectivity index (χ2n) is 4.92. The number of amides is 2.